The summed E-state index contributed by atoms with van der Waals surface area (Å²) in [5, 5.41) is 0. The normalized spacial score (nSPS) is 13.4. The van der Waals surface area contributed by atoms with Gasteiger partial charge in [0.05, 0.1) is 6.10 Å². The molecule has 0 radical (unpaired) electrons. The monoisotopic (exact) mass is 240 g/mol. The molecule has 0 N–H and O–H groups in total. The average Bonchev–Trinajstić information content (AvgIpc) is 2.34. The predicted molar refractivity (Wildman–Crippen MR) is 77.5 cm³/mol. The topological polar surface area (TPSA) is 9.23 Å². The van der Waals surface area contributed by atoms with Gasteiger partial charge in [-0.15, -0.1) is 0 Å². The van der Waals surface area contributed by atoms with Crippen molar-refractivity contribution in [1.82, 2.24) is 0 Å². The van der Waals surface area contributed by atoms with Crippen molar-refractivity contribution in [2.45, 2.75) is 84.7 Å². The van der Waals surface area contributed by atoms with Crippen LogP contribution in [0, 0.1) is 0 Å². The highest BCUT2D eigenvalue weighted by atomic mass is 16.5. The molecule has 0 aromatic rings. The maximum Gasteiger partial charge on any atom is 0.0547 e. The first-order valence-corrected chi connectivity index (χ1v) is 7.57. The molecule has 102 valence electrons. The van der Waals surface area contributed by atoms with Crippen LogP contribution in [0.3, 0.4) is 0 Å². The number of hydrogen-bond donors (Lipinski definition) is 0. The fourth-order valence-corrected chi connectivity index (χ4v) is 1.83. The zero-order valence-corrected chi connectivity index (χ0v) is 12.2. The van der Waals surface area contributed by atoms with E-state index in [0.717, 1.165) is 13.0 Å². The van der Waals surface area contributed by atoms with Gasteiger partial charge in [0.1, 0.15) is 0 Å². The summed E-state index contributed by atoms with van der Waals surface area (Å²) in [6.45, 7) is 7.52. The fraction of sp³-hybridized carbons (Fsp3) is 0.875. The van der Waals surface area contributed by atoms with Crippen LogP contribution in [-0.2, 0) is 4.74 Å². The Morgan fingerprint density at radius 2 is 1.59 bits per heavy atom. The molecule has 17 heavy (non-hydrogen) atoms. The van der Waals surface area contributed by atoms with Gasteiger partial charge in [-0.05, 0) is 39.0 Å². The molecule has 0 fully saturated rings. The first-order chi connectivity index (χ1) is 8.31. The Balaban J connectivity index is 3.14. The molecule has 0 amide bonds. The van der Waals surface area contributed by atoms with E-state index in [-0.39, 0.29) is 0 Å². The van der Waals surface area contributed by atoms with E-state index in [9.17, 15) is 0 Å². The number of allylic oxidation sites excluding steroid dienone is 2. The molecule has 0 aliphatic rings. The highest BCUT2D eigenvalue weighted by Gasteiger charge is 2.00. The molecule has 0 saturated carbocycles. The molecular weight excluding hydrogens is 208 g/mol. The van der Waals surface area contributed by atoms with Gasteiger partial charge in [-0.2, -0.15) is 0 Å². The van der Waals surface area contributed by atoms with Gasteiger partial charge in [0, 0.05) is 6.61 Å². The van der Waals surface area contributed by atoms with E-state index in [1.54, 1.807) is 0 Å². The van der Waals surface area contributed by atoms with Crippen LogP contribution in [0.15, 0.2) is 12.2 Å². The maximum atomic E-state index is 5.65. The van der Waals surface area contributed by atoms with Gasteiger partial charge in [0.15, 0.2) is 0 Å². The fourth-order valence-electron chi connectivity index (χ4n) is 1.83. The van der Waals surface area contributed by atoms with E-state index in [0.29, 0.717) is 6.10 Å². The summed E-state index contributed by atoms with van der Waals surface area (Å²) in [6.07, 6.45) is 16.7. The summed E-state index contributed by atoms with van der Waals surface area (Å²) < 4.78 is 5.65. The van der Waals surface area contributed by atoms with Crippen molar-refractivity contribution in [3.05, 3.63) is 12.2 Å². The van der Waals surface area contributed by atoms with Gasteiger partial charge in [-0.25, -0.2) is 0 Å². The molecule has 0 aromatic carbocycles. The van der Waals surface area contributed by atoms with E-state index in [1.807, 2.05) is 0 Å². The summed E-state index contributed by atoms with van der Waals surface area (Å²) in [7, 11) is 0. The van der Waals surface area contributed by atoms with Crippen LogP contribution in [-0.4, -0.2) is 12.7 Å². The molecule has 1 heteroatoms. The lowest BCUT2D eigenvalue weighted by Crippen LogP contribution is -2.08. The first kappa shape index (κ1) is 16.7. The molecule has 1 unspecified atom stereocenters. The summed E-state index contributed by atoms with van der Waals surface area (Å²) in [5.41, 5.74) is 0. The number of unbranched alkanes of at least 4 members (excludes halogenated alkanes) is 5. The lowest BCUT2D eigenvalue weighted by molar-refractivity contribution is 0.0590. The zero-order chi connectivity index (χ0) is 12.8. The first-order valence-electron chi connectivity index (χ1n) is 7.57. The molecule has 0 aliphatic heterocycles. The van der Waals surface area contributed by atoms with Gasteiger partial charge < -0.3 is 4.74 Å². The number of ether oxygens (including phenoxy) is 1. The summed E-state index contributed by atoms with van der Waals surface area (Å²) in [5.74, 6) is 0. The molecule has 1 atom stereocenters. The van der Waals surface area contributed by atoms with Crippen molar-refractivity contribution in [2.24, 2.45) is 0 Å². The zero-order valence-electron chi connectivity index (χ0n) is 12.2. The van der Waals surface area contributed by atoms with Crippen LogP contribution in [0.4, 0.5) is 0 Å². The Bertz CT molecular complexity index is 163. The van der Waals surface area contributed by atoms with Crippen LogP contribution in [0.1, 0.15) is 78.6 Å². The minimum absolute atomic E-state index is 0.454. The summed E-state index contributed by atoms with van der Waals surface area (Å²) in [4.78, 5) is 0. The second-order valence-corrected chi connectivity index (χ2v) is 4.93. The van der Waals surface area contributed by atoms with Gasteiger partial charge in [0.25, 0.3) is 0 Å². The van der Waals surface area contributed by atoms with Crippen LogP contribution >= 0.6 is 0 Å². The minimum atomic E-state index is 0.454. The van der Waals surface area contributed by atoms with E-state index in [4.69, 9.17) is 4.74 Å². The smallest absolute Gasteiger partial charge is 0.0547 e. The third-order valence-electron chi connectivity index (χ3n) is 2.98. The third-order valence-corrected chi connectivity index (χ3v) is 2.98. The van der Waals surface area contributed by atoms with E-state index in [2.05, 4.69) is 32.9 Å². The standard InChI is InChI=1S/C16H32O/c1-4-6-7-8-9-10-11-12-13-14-16(3)17-15-5-2/h8-9,16H,4-7,10-15H2,1-3H3/b9-8-. The molecule has 0 aliphatic carbocycles. The molecule has 0 saturated heterocycles. The van der Waals surface area contributed by atoms with Crippen LogP contribution in [0.25, 0.3) is 0 Å². The van der Waals surface area contributed by atoms with Crippen molar-refractivity contribution in [3.8, 4) is 0 Å². The third kappa shape index (κ3) is 13.6. The van der Waals surface area contributed by atoms with Crippen molar-refractivity contribution in [3.63, 3.8) is 0 Å². The van der Waals surface area contributed by atoms with Crippen molar-refractivity contribution < 1.29 is 4.74 Å². The quantitative estimate of drug-likeness (QED) is 0.323. The lowest BCUT2D eigenvalue weighted by atomic mass is 10.1. The van der Waals surface area contributed by atoms with Crippen LogP contribution in [0.5, 0.6) is 0 Å². The largest absolute Gasteiger partial charge is 0.379 e. The second kappa shape index (κ2) is 13.8. The van der Waals surface area contributed by atoms with Crippen LogP contribution < -0.4 is 0 Å². The molecule has 0 heterocycles. The maximum absolute atomic E-state index is 5.65. The Hall–Kier alpha value is -0.300. The van der Waals surface area contributed by atoms with Gasteiger partial charge in [-0.1, -0.05) is 51.7 Å². The van der Waals surface area contributed by atoms with Gasteiger partial charge >= 0.3 is 0 Å². The van der Waals surface area contributed by atoms with Crippen molar-refractivity contribution in [1.29, 1.82) is 0 Å². The number of rotatable bonds is 12. The molecular formula is C16H32O. The summed E-state index contributed by atoms with van der Waals surface area (Å²) >= 11 is 0. The summed E-state index contributed by atoms with van der Waals surface area (Å²) in [6, 6.07) is 0. The van der Waals surface area contributed by atoms with E-state index in [1.165, 1.54) is 51.4 Å². The second-order valence-electron chi connectivity index (χ2n) is 4.93. The molecule has 0 rings (SSSR count). The van der Waals surface area contributed by atoms with E-state index >= 15 is 0 Å². The molecule has 1 nitrogen and oxygen atoms in total. The van der Waals surface area contributed by atoms with E-state index < -0.39 is 0 Å². The Labute approximate surface area is 109 Å². The van der Waals surface area contributed by atoms with Crippen LogP contribution in [0.2, 0.25) is 0 Å². The van der Waals surface area contributed by atoms with Crippen molar-refractivity contribution >= 4 is 0 Å². The Morgan fingerprint density at radius 1 is 0.882 bits per heavy atom. The van der Waals surface area contributed by atoms with Gasteiger partial charge in [0.2, 0.25) is 0 Å². The lowest BCUT2D eigenvalue weighted by Gasteiger charge is -2.11. The number of hydrogen-bond acceptors (Lipinski definition) is 1. The SMILES string of the molecule is CCCC/C=C\CCCCCC(C)OCCC. The predicted octanol–water partition coefficient (Wildman–Crippen LogP) is 5.50. The highest BCUT2D eigenvalue weighted by Crippen LogP contribution is 2.09. The highest BCUT2D eigenvalue weighted by molar-refractivity contribution is 4.81. The Kier molecular flexibility index (Phi) is 13.5. The molecule has 0 spiro atoms. The van der Waals surface area contributed by atoms with Crippen molar-refractivity contribution in [2.75, 3.05) is 6.61 Å². The van der Waals surface area contributed by atoms with Gasteiger partial charge in [-0.3, -0.25) is 0 Å². The molecule has 0 aromatic heterocycles. The minimum Gasteiger partial charge on any atom is -0.379 e. The molecule has 0 bridgehead atoms. The Morgan fingerprint density at radius 3 is 2.24 bits per heavy atom. The average molecular weight is 240 g/mol.